The molecular formula is C29H32ClN3O. The molecule has 3 aromatic carbocycles. The monoisotopic (exact) mass is 473 g/mol. The van der Waals surface area contributed by atoms with Gasteiger partial charge in [0.1, 0.15) is 0 Å². The average molecular weight is 474 g/mol. The minimum Gasteiger partial charge on any atom is -0.372 e. The van der Waals surface area contributed by atoms with Gasteiger partial charge in [0.15, 0.2) is 5.78 Å². The Hall–Kier alpha value is -3.24. The number of benzene rings is 3. The summed E-state index contributed by atoms with van der Waals surface area (Å²) < 4.78 is 0. The summed E-state index contributed by atoms with van der Waals surface area (Å²) in [6.45, 7) is 6.34. The number of para-hydroxylation sites is 2. The number of ketones is 1. The molecule has 2 aliphatic rings. The molecule has 0 aromatic heterocycles. The van der Waals surface area contributed by atoms with Gasteiger partial charge in [-0.15, -0.1) is 12.4 Å². The molecule has 1 aliphatic heterocycles. The fourth-order valence-electron chi connectivity index (χ4n) is 5.17. The number of hydrogen-bond donors (Lipinski definition) is 2. The molecule has 176 valence electrons. The van der Waals surface area contributed by atoms with Crippen molar-refractivity contribution in [3.63, 3.8) is 0 Å². The highest BCUT2D eigenvalue weighted by atomic mass is 35.5. The van der Waals surface area contributed by atoms with Crippen LogP contribution in [-0.4, -0.2) is 18.9 Å². The molecule has 2 atom stereocenters. The van der Waals surface area contributed by atoms with Gasteiger partial charge in [0.2, 0.25) is 0 Å². The minimum atomic E-state index is -0.157. The maximum Gasteiger partial charge on any atom is 0.163 e. The Bertz CT molecular complexity index is 1170. The van der Waals surface area contributed by atoms with Gasteiger partial charge in [-0.05, 0) is 61.6 Å². The normalized spacial score (nSPS) is 19.1. The number of allylic oxidation sites excluding steroid dienone is 1. The summed E-state index contributed by atoms with van der Waals surface area (Å²) in [7, 11) is 0. The second-order valence-corrected chi connectivity index (χ2v) is 8.84. The maximum atomic E-state index is 13.6. The molecule has 0 amide bonds. The number of rotatable bonds is 5. The summed E-state index contributed by atoms with van der Waals surface area (Å²) in [5.41, 5.74) is 7.53. The molecule has 4 nitrogen and oxygen atoms in total. The molecule has 0 fully saturated rings. The first kappa shape index (κ1) is 23.9. The summed E-state index contributed by atoms with van der Waals surface area (Å²) >= 11 is 0. The van der Waals surface area contributed by atoms with Crippen LogP contribution in [0.25, 0.3) is 0 Å². The number of Topliss-reactive ketones (excluding diaryl/α,β-unsaturated/α-hetero) is 1. The molecule has 34 heavy (non-hydrogen) atoms. The minimum absolute atomic E-state index is 0. The van der Waals surface area contributed by atoms with Crippen LogP contribution in [0.5, 0.6) is 0 Å². The lowest BCUT2D eigenvalue weighted by Crippen LogP contribution is -2.27. The summed E-state index contributed by atoms with van der Waals surface area (Å²) in [5.74, 6) is 0.395. The number of halogens is 1. The summed E-state index contributed by atoms with van der Waals surface area (Å²) in [6.07, 6.45) is 1.36. The highest BCUT2D eigenvalue weighted by molar-refractivity contribution is 6.01. The fourth-order valence-corrected chi connectivity index (χ4v) is 5.17. The van der Waals surface area contributed by atoms with E-state index in [1.54, 1.807) is 0 Å². The number of fused-ring (bicyclic) bond motifs is 1. The molecule has 5 rings (SSSR count). The number of hydrogen-bond acceptors (Lipinski definition) is 4. The zero-order chi connectivity index (χ0) is 22.8. The number of anilines is 3. The van der Waals surface area contributed by atoms with Gasteiger partial charge in [-0.25, -0.2) is 0 Å². The van der Waals surface area contributed by atoms with Gasteiger partial charge in [-0.1, -0.05) is 54.6 Å². The van der Waals surface area contributed by atoms with E-state index >= 15 is 0 Å². The largest absolute Gasteiger partial charge is 0.372 e. The highest BCUT2D eigenvalue weighted by Gasteiger charge is 2.35. The Morgan fingerprint density at radius 1 is 0.794 bits per heavy atom. The highest BCUT2D eigenvalue weighted by Crippen LogP contribution is 2.44. The third kappa shape index (κ3) is 4.55. The molecule has 1 heterocycles. The molecular weight excluding hydrogens is 442 g/mol. The van der Waals surface area contributed by atoms with Crippen molar-refractivity contribution >= 4 is 35.3 Å². The Labute approximate surface area is 208 Å². The SMILES string of the molecule is CCN(CC)c1ccc(C2CC(=O)C3=C(C2)Nc2ccccc2NC3c2ccccc2)cc1.Cl. The predicted octanol–water partition coefficient (Wildman–Crippen LogP) is 6.93. The summed E-state index contributed by atoms with van der Waals surface area (Å²) in [5, 5.41) is 7.27. The van der Waals surface area contributed by atoms with Crippen LogP contribution < -0.4 is 15.5 Å². The van der Waals surface area contributed by atoms with Crippen LogP contribution in [0, 0.1) is 0 Å². The smallest absolute Gasteiger partial charge is 0.163 e. The molecule has 2 N–H and O–H groups in total. The molecule has 2 unspecified atom stereocenters. The van der Waals surface area contributed by atoms with Gasteiger partial charge in [-0.2, -0.15) is 0 Å². The lowest BCUT2D eigenvalue weighted by atomic mass is 9.78. The number of nitrogens with one attached hydrogen (secondary N) is 2. The summed E-state index contributed by atoms with van der Waals surface area (Å²) in [6, 6.07) is 27.1. The second kappa shape index (κ2) is 10.4. The first-order chi connectivity index (χ1) is 16.2. The van der Waals surface area contributed by atoms with Gasteiger partial charge in [0, 0.05) is 36.5 Å². The van der Waals surface area contributed by atoms with Crippen molar-refractivity contribution in [1.82, 2.24) is 0 Å². The summed E-state index contributed by atoms with van der Waals surface area (Å²) in [4.78, 5) is 16.0. The molecule has 0 radical (unpaired) electrons. The quantitative estimate of drug-likeness (QED) is 0.421. The molecule has 0 spiro atoms. The molecule has 0 bridgehead atoms. The van der Waals surface area contributed by atoms with Crippen LogP contribution in [-0.2, 0) is 4.79 Å². The Morgan fingerprint density at radius 3 is 2.12 bits per heavy atom. The average Bonchev–Trinajstić information content (AvgIpc) is 3.03. The van der Waals surface area contributed by atoms with Crippen molar-refractivity contribution in [3.8, 4) is 0 Å². The zero-order valence-electron chi connectivity index (χ0n) is 19.8. The number of nitrogens with zero attached hydrogens (tertiary/aromatic N) is 1. The Kier molecular flexibility index (Phi) is 7.28. The fraction of sp³-hybridized carbons (Fsp3) is 0.276. The van der Waals surface area contributed by atoms with Crippen LogP contribution >= 0.6 is 12.4 Å². The van der Waals surface area contributed by atoms with Crippen LogP contribution in [0.1, 0.15) is 49.8 Å². The zero-order valence-corrected chi connectivity index (χ0v) is 20.6. The predicted molar refractivity (Wildman–Crippen MR) is 144 cm³/mol. The van der Waals surface area contributed by atoms with Gasteiger partial charge in [0.25, 0.3) is 0 Å². The van der Waals surface area contributed by atoms with E-state index in [9.17, 15) is 4.79 Å². The Balaban J connectivity index is 0.00000274. The maximum absolute atomic E-state index is 13.6. The van der Waals surface area contributed by atoms with E-state index in [4.69, 9.17) is 0 Å². The lowest BCUT2D eigenvalue weighted by molar-refractivity contribution is -0.116. The molecule has 1 aliphatic carbocycles. The van der Waals surface area contributed by atoms with E-state index in [0.717, 1.165) is 47.7 Å². The van der Waals surface area contributed by atoms with Crippen molar-refractivity contribution in [2.24, 2.45) is 0 Å². The van der Waals surface area contributed by atoms with Crippen molar-refractivity contribution in [1.29, 1.82) is 0 Å². The van der Waals surface area contributed by atoms with E-state index in [-0.39, 0.29) is 30.2 Å². The second-order valence-electron chi connectivity index (χ2n) is 8.84. The number of carbonyl (C=O) groups is 1. The van der Waals surface area contributed by atoms with E-state index in [2.05, 4.69) is 77.9 Å². The third-order valence-electron chi connectivity index (χ3n) is 6.93. The van der Waals surface area contributed by atoms with Crippen LogP contribution in [0.2, 0.25) is 0 Å². The first-order valence-electron chi connectivity index (χ1n) is 12.0. The van der Waals surface area contributed by atoms with Gasteiger partial charge < -0.3 is 15.5 Å². The van der Waals surface area contributed by atoms with E-state index in [1.165, 1.54) is 11.3 Å². The van der Waals surface area contributed by atoms with E-state index < -0.39 is 0 Å². The van der Waals surface area contributed by atoms with Crippen molar-refractivity contribution in [3.05, 3.63) is 101 Å². The van der Waals surface area contributed by atoms with E-state index in [0.29, 0.717) is 6.42 Å². The van der Waals surface area contributed by atoms with Gasteiger partial charge in [-0.3, -0.25) is 4.79 Å². The Morgan fingerprint density at radius 2 is 1.44 bits per heavy atom. The molecule has 0 saturated carbocycles. The van der Waals surface area contributed by atoms with Crippen molar-refractivity contribution in [2.75, 3.05) is 28.6 Å². The topological polar surface area (TPSA) is 44.4 Å². The standard InChI is InChI=1S/C29H31N3O.ClH/c1-3-32(4-2)23-16-14-20(15-17-23)22-18-26-28(27(33)19-22)29(21-10-6-5-7-11-21)31-25-13-9-8-12-24(25)30-26;/h5-17,22,29-31H,3-4,18-19H2,1-2H3;1H. The molecule has 0 saturated heterocycles. The third-order valence-corrected chi connectivity index (χ3v) is 6.93. The van der Waals surface area contributed by atoms with Gasteiger partial charge in [0.05, 0.1) is 17.4 Å². The molecule has 5 heteroatoms. The van der Waals surface area contributed by atoms with E-state index in [1.807, 2.05) is 30.3 Å². The van der Waals surface area contributed by atoms with Crippen LogP contribution in [0.3, 0.4) is 0 Å². The van der Waals surface area contributed by atoms with Crippen molar-refractivity contribution < 1.29 is 4.79 Å². The van der Waals surface area contributed by atoms with Crippen LogP contribution in [0.4, 0.5) is 17.1 Å². The first-order valence-corrected chi connectivity index (χ1v) is 12.0. The van der Waals surface area contributed by atoms with Crippen LogP contribution in [0.15, 0.2) is 90.1 Å². The molecule has 3 aromatic rings. The van der Waals surface area contributed by atoms with Crippen molar-refractivity contribution in [2.45, 2.75) is 38.6 Å². The van der Waals surface area contributed by atoms with Gasteiger partial charge >= 0.3 is 0 Å². The number of carbonyl (C=O) groups excluding carboxylic acids is 1. The lowest BCUT2D eigenvalue weighted by Gasteiger charge is -2.30.